The lowest BCUT2D eigenvalue weighted by atomic mass is 10.3. The van der Waals surface area contributed by atoms with Crippen LogP contribution in [0.5, 0.6) is 0 Å². The van der Waals surface area contributed by atoms with Crippen LogP contribution in [0, 0.1) is 0 Å². The standard InChI is InChI=1S/C9H17N3O/c1-11(7-8-13-2)9-5-3-4-6-12(9)10/h3-5H,6-8,10H2,1-2H3. The molecule has 4 heteroatoms. The summed E-state index contributed by atoms with van der Waals surface area (Å²) >= 11 is 0. The lowest BCUT2D eigenvalue weighted by Gasteiger charge is -2.30. The van der Waals surface area contributed by atoms with Gasteiger partial charge >= 0.3 is 0 Å². The quantitative estimate of drug-likeness (QED) is 0.630. The van der Waals surface area contributed by atoms with E-state index in [2.05, 4.69) is 4.90 Å². The SMILES string of the molecule is COCCN(C)C1=CC=CCN1N. The van der Waals surface area contributed by atoms with Crippen molar-refractivity contribution in [2.24, 2.45) is 5.84 Å². The zero-order valence-electron chi connectivity index (χ0n) is 8.23. The third kappa shape index (κ3) is 2.75. The molecule has 0 fully saturated rings. The molecule has 4 nitrogen and oxygen atoms in total. The van der Waals surface area contributed by atoms with Gasteiger partial charge in [0.1, 0.15) is 5.82 Å². The molecule has 2 N–H and O–H groups in total. The fraction of sp³-hybridized carbons (Fsp3) is 0.556. The second-order valence-electron chi connectivity index (χ2n) is 3.02. The van der Waals surface area contributed by atoms with Crippen molar-refractivity contribution in [1.82, 2.24) is 9.91 Å². The van der Waals surface area contributed by atoms with Gasteiger partial charge in [0, 0.05) is 20.7 Å². The van der Waals surface area contributed by atoms with Crippen LogP contribution in [-0.2, 0) is 4.74 Å². The van der Waals surface area contributed by atoms with Gasteiger partial charge < -0.3 is 9.64 Å². The maximum Gasteiger partial charge on any atom is 0.118 e. The molecule has 0 aromatic rings. The van der Waals surface area contributed by atoms with Crippen molar-refractivity contribution in [2.75, 3.05) is 33.9 Å². The molecule has 0 spiro atoms. The number of rotatable bonds is 4. The largest absolute Gasteiger partial charge is 0.383 e. The van der Waals surface area contributed by atoms with Crippen LogP contribution in [0.3, 0.4) is 0 Å². The van der Waals surface area contributed by atoms with E-state index in [0.29, 0.717) is 6.61 Å². The molecule has 1 aliphatic heterocycles. The number of ether oxygens (including phenoxy) is 1. The zero-order chi connectivity index (χ0) is 9.68. The number of hydrogen-bond donors (Lipinski definition) is 1. The minimum Gasteiger partial charge on any atom is -0.383 e. The summed E-state index contributed by atoms with van der Waals surface area (Å²) in [6.07, 6.45) is 6.04. The van der Waals surface area contributed by atoms with Gasteiger partial charge in [-0.2, -0.15) is 0 Å². The highest BCUT2D eigenvalue weighted by molar-refractivity contribution is 5.15. The molecule has 0 atom stereocenters. The molecule has 0 bridgehead atoms. The maximum absolute atomic E-state index is 5.78. The molecule has 74 valence electrons. The van der Waals surface area contributed by atoms with E-state index in [4.69, 9.17) is 10.6 Å². The van der Waals surface area contributed by atoms with E-state index in [-0.39, 0.29) is 0 Å². The van der Waals surface area contributed by atoms with Crippen molar-refractivity contribution in [3.05, 3.63) is 24.0 Å². The second-order valence-corrected chi connectivity index (χ2v) is 3.02. The average molecular weight is 183 g/mol. The van der Waals surface area contributed by atoms with Gasteiger partial charge in [-0.05, 0) is 6.08 Å². The Morgan fingerprint density at radius 3 is 3.08 bits per heavy atom. The Morgan fingerprint density at radius 2 is 2.46 bits per heavy atom. The number of nitrogens with two attached hydrogens (primary N) is 1. The zero-order valence-corrected chi connectivity index (χ0v) is 8.23. The van der Waals surface area contributed by atoms with Gasteiger partial charge in [-0.25, -0.2) is 5.84 Å². The maximum atomic E-state index is 5.78. The molecule has 0 aromatic heterocycles. The Kier molecular flexibility index (Phi) is 3.79. The highest BCUT2D eigenvalue weighted by Gasteiger charge is 2.10. The number of methoxy groups -OCH3 is 1. The van der Waals surface area contributed by atoms with Gasteiger partial charge in [-0.1, -0.05) is 12.2 Å². The topological polar surface area (TPSA) is 41.7 Å². The van der Waals surface area contributed by atoms with E-state index < -0.39 is 0 Å². The molecule has 0 aromatic carbocycles. The fourth-order valence-corrected chi connectivity index (χ4v) is 1.21. The molecule has 13 heavy (non-hydrogen) atoms. The van der Waals surface area contributed by atoms with Crippen LogP contribution < -0.4 is 5.84 Å². The molecule has 0 radical (unpaired) electrons. The number of nitrogens with zero attached hydrogens (tertiary/aromatic N) is 2. The molecule has 0 amide bonds. The Morgan fingerprint density at radius 1 is 1.69 bits per heavy atom. The fourth-order valence-electron chi connectivity index (χ4n) is 1.21. The van der Waals surface area contributed by atoms with Crippen LogP contribution >= 0.6 is 0 Å². The van der Waals surface area contributed by atoms with E-state index >= 15 is 0 Å². The van der Waals surface area contributed by atoms with Crippen molar-refractivity contribution < 1.29 is 4.74 Å². The van der Waals surface area contributed by atoms with Gasteiger partial charge in [0.2, 0.25) is 0 Å². The van der Waals surface area contributed by atoms with Gasteiger partial charge in [0.15, 0.2) is 0 Å². The molecular weight excluding hydrogens is 166 g/mol. The summed E-state index contributed by atoms with van der Waals surface area (Å²) in [7, 11) is 3.70. The predicted octanol–water partition coefficient (Wildman–Crippen LogP) is 0.152. The highest BCUT2D eigenvalue weighted by Crippen LogP contribution is 2.08. The van der Waals surface area contributed by atoms with Crippen molar-refractivity contribution >= 4 is 0 Å². The summed E-state index contributed by atoms with van der Waals surface area (Å²) in [5.74, 6) is 6.81. The first-order chi connectivity index (χ1) is 6.25. The van der Waals surface area contributed by atoms with Crippen LogP contribution in [-0.4, -0.2) is 43.8 Å². The summed E-state index contributed by atoms with van der Waals surface area (Å²) in [5.41, 5.74) is 0. The van der Waals surface area contributed by atoms with Gasteiger partial charge in [0.05, 0.1) is 13.2 Å². The molecule has 0 aliphatic carbocycles. The molecule has 1 heterocycles. The number of allylic oxidation sites excluding steroid dienone is 2. The minimum atomic E-state index is 0.714. The molecule has 1 rings (SSSR count). The highest BCUT2D eigenvalue weighted by atomic mass is 16.5. The summed E-state index contributed by atoms with van der Waals surface area (Å²) in [6.45, 7) is 2.33. The lowest BCUT2D eigenvalue weighted by Crippen LogP contribution is -2.40. The Balaban J connectivity index is 2.48. The normalized spacial score (nSPS) is 15.9. The Hall–Kier alpha value is -1.00. The third-order valence-electron chi connectivity index (χ3n) is 2.00. The van der Waals surface area contributed by atoms with E-state index in [0.717, 1.165) is 18.9 Å². The first kappa shape index (κ1) is 10.1. The molecule has 0 saturated carbocycles. The number of hydrogen-bond acceptors (Lipinski definition) is 4. The third-order valence-corrected chi connectivity index (χ3v) is 2.00. The predicted molar refractivity (Wildman–Crippen MR) is 52.6 cm³/mol. The molecular formula is C9H17N3O. The van der Waals surface area contributed by atoms with Crippen LogP contribution in [0.4, 0.5) is 0 Å². The van der Waals surface area contributed by atoms with Gasteiger partial charge in [0.25, 0.3) is 0 Å². The average Bonchev–Trinajstić information content (AvgIpc) is 2.15. The van der Waals surface area contributed by atoms with Crippen LogP contribution in [0.15, 0.2) is 24.0 Å². The van der Waals surface area contributed by atoms with E-state index in [1.54, 1.807) is 12.1 Å². The summed E-state index contributed by atoms with van der Waals surface area (Å²) < 4.78 is 4.99. The number of hydrazine groups is 1. The second kappa shape index (κ2) is 4.89. The van der Waals surface area contributed by atoms with Crippen LogP contribution in [0.25, 0.3) is 0 Å². The minimum absolute atomic E-state index is 0.714. The van der Waals surface area contributed by atoms with Crippen molar-refractivity contribution in [1.29, 1.82) is 0 Å². The first-order valence-corrected chi connectivity index (χ1v) is 4.35. The summed E-state index contributed by atoms with van der Waals surface area (Å²) in [6, 6.07) is 0. The van der Waals surface area contributed by atoms with Crippen molar-refractivity contribution in [2.45, 2.75) is 0 Å². The lowest BCUT2D eigenvalue weighted by molar-refractivity contribution is 0.155. The molecule has 0 unspecified atom stereocenters. The Labute approximate surface area is 79.2 Å². The number of likely N-dealkylation sites (N-methyl/N-ethyl adjacent to an activating group) is 1. The van der Waals surface area contributed by atoms with E-state index in [1.807, 2.05) is 25.3 Å². The van der Waals surface area contributed by atoms with Crippen molar-refractivity contribution in [3.63, 3.8) is 0 Å². The van der Waals surface area contributed by atoms with Crippen molar-refractivity contribution in [3.8, 4) is 0 Å². The summed E-state index contributed by atoms with van der Waals surface area (Å²) in [4.78, 5) is 2.08. The molecule has 0 saturated heterocycles. The van der Waals surface area contributed by atoms with E-state index in [9.17, 15) is 0 Å². The summed E-state index contributed by atoms with van der Waals surface area (Å²) in [5, 5.41) is 1.72. The van der Waals surface area contributed by atoms with E-state index in [1.165, 1.54) is 0 Å². The first-order valence-electron chi connectivity index (χ1n) is 4.35. The smallest absolute Gasteiger partial charge is 0.118 e. The van der Waals surface area contributed by atoms with Crippen LogP contribution in [0.1, 0.15) is 0 Å². The van der Waals surface area contributed by atoms with Crippen LogP contribution in [0.2, 0.25) is 0 Å². The Bertz CT molecular complexity index is 213. The van der Waals surface area contributed by atoms with Gasteiger partial charge in [-0.15, -0.1) is 0 Å². The van der Waals surface area contributed by atoms with Gasteiger partial charge in [-0.3, -0.25) is 5.01 Å². The molecule has 1 aliphatic rings. The monoisotopic (exact) mass is 183 g/mol.